The lowest BCUT2D eigenvalue weighted by atomic mass is 10.1. The van der Waals surface area contributed by atoms with Crippen LogP contribution in [0.2, 0.25) is 0 Å². The van der Waals surface area contributed by atoms with Gasteiger partial charge in [-0.2, -0.15) is 5.10 Å². The van der Waals surface area contributed by atoms with Gasteiger partial charge in [0.2, 0.25) is 0 Å². The number of aliphatic hydroxyl groups excluding tert-OH is 1. The fourth-order valence-corrected chi connectivity index (χ4v) is 2.34. The largest absolute Gasteiger partial charge is 0.394 e. The number of nitrogens with zero attached hydrogens (tertiary/aromatic N) is 2. The number of nitrogens with one attached hydrogen (secondary N) is 1. The van der Waals surface area contributed by atoms with Gasteiger partial charge in [-0.3, -0.25) is 4.68 Å². The van der Waals surface area contributed by atoms with Crippen LogP contribution in [0.25, 0.3) is 0 Å². The Balaban J connectivity index is 2.60. The molecule has 0 aliphatic carbocycles. The lowest BCUT2D eigenvalue weighted by Gasteiger charge is -2.26. The van der Waals surface area contributed by atoms with Gasteiger partial charge >= 0.3 is 0 Å². The molecule has 1 unspecified atom stereocenters. The van der Waals surface area contributed by atoms with Crippen molar-refractivity contribution in [2.24, 2.45) is 7.05 Å². The number of aliphatic hydroxyl groups is 1. The molecule has 1 aromatic rings. The van der Waals surface area contributed by atoms with Crippen LogP contribution in [0.5, 0.6) is 0 Å². The lowest BCUT2D eigenvalue weighted by molar-refractivity contribution is 0.200. The highest BCUT2D eigenvalue weighted by molar-refractivity contribution is 7.99. The molecule has 0 amide bonds. The van der Waals surface area contributed by atoms with Crippen LogP contribution < -0.4 is 5.32 Å². The van der Waals surface area contributed by atoms with Gasteiger partial charge < -0.3 is 10.4 Å². The summed E-state index contributed by atoms with van der Waals surface area (Å²) in [7, 11) is 3.80. The molecule has 1 atom stereocenters. The molecule has 0 bridgehead atoms. The fourth-order valence-electron chi connectivity index (χ4n) is 1.15. The van der Waals surface area contributed by atoms with Crippen LogP contribution in [0.4, 0.5) is 0 Å². The van der Waals surface area contributed by atoms with E-state index in [4.69, 9.17) is 0 Å². The van der Waals surface area contributed by atoms with E-state index in [9.17, 15) is 5.11 Å². The molecule has 2 N–H and O–H groups in total. The van der Waals surface area contributed by atoms with Crippen molar-refractivity contribution >= 4 is 11.8 Å². The smallest absolute Gasteiger partial charge is 0.0939 e. The van der Waals surface area contributed by atoms with Crippen molar-refractivity contribution in [1.29, 1.82) is 0 Å². The Morgan fingerprint density at radius 3 is 2.73 bits per heavy atom. The van der Waals surface area contributed by atoms with E-state index in [0.717, 1.165) is 16.5 Å². The molecule has 0 aliphatic rings. The number of hydrogen-bond acceptors (Lipinski definition) is 4. The Kier molecular flexibility index (Phi) is 4.19. The zero-order valence-corrected chi connectivity index (χ0v) is 10.6. The molecule has 0 spiro atoms. The second-order valence-corrected chi connectivity index (χ2v) is 5.00. The fraction of sp³-hybridized carbons (Fsp3) is 0.700. The van der Waals surface area contributed by atoms with Crippen LogP contribution in [-0.2, 0) is 7.05 Å². The predicted molar refractivity (Wildman–Crippen MR) is 63.2 cm³/mol. The normalized spacial score (nSPS) is 15.3. The minimum atomic E-state index is -0.233. The van der Waals surface area contributed by atoms with Crippen molar-refractivity contribution < 1.29 is 5.11 Å². The molecule has 1 heterocycles. The van der Waals surface area contributed by atoms with Crippen molar-refractivity contribution in [3.05, 3.63) is 11.8 Å². The third-order valence-corrected chi connectivity index (χ3v) is 3.91. The Hall–Kier alpha value is -0.520. The van der Waals surface area contributed by atoms with Gasteiger partial charge in [0.1, 0.15) is 0 Å². The van der Waals surface area contributed by atoms with E-state index < -0.39 is 0 Å². The lowest BCUT2D eigenvalue weighted by Crippen LogP contribution is -2.45. The third kappa shape index (κ3) is 3.22. The Morgan fingerprint density at radius 2 is 2.33 bits per heavy atom. The maximum Gasteiger partial charge on any atom is 0.0939 e. The van der Waals surface area contributed by atoms with Gasteiger partial charge in [0, 0.05) is 18.3 Å². The summed E-state index contributed by atoms with van der Waals surface area (Å²) in [4.78, 5) is 0. The number of thioether (sulfide) groups is 1. The van der Waals surface area contributed by atoms with E-state index in [1.165, 1.54) is 0 Å². The van der Waals surface area contributed by atoms with E-state index in [-0.39, 0.29) is 12.1 Å². The first-order chi connectivity index (χ1) is 7.00. The number of hydrogen-bond donors (Lipinski definition) is 2. The Labute approximate surface area is 95.1 Å². The molecule has 0 aromatic carbocycles. The van der Waals surface area contributed by atoms with Gasteiger partial charge in [-0.15, -0.1) is 11.8 Å². The van der Waals surface area contributed by atoms with Crippen molar-refractivity contribution in [2.75, 3.05) is 19.4 Å². The van der Waals surface area contributed by atoms with Crippen molar-refractivity contribution in [1.82, 2.24) is 15.1 Å². The van der Waals surface area contributed by atoms with E-state index >= 15 is 0 Å². The molecule has 0 saturated carbocycles. The maximum atomic E-state index is 9.24. The number of aromatic nitrogens is 2. The van der Waals surface area contributed by atoms with E-state index in [1.54, 1.807) is 11.8 Å². The van der Waals surface area contributed by atoms with Crippen molar-refractivity contribution in [3.63, 3.8) is 0 Å². The minimum absolute atomic E-state index is 0.132. The molecule has 86 valence electrons. The molecule has 1 aromatic heterocycles. The van der Waals surface area contributed by atoms with Gasteiger partial charge in [0.25, 0.3) is 0 Å². The molecule has 0 radical (unpaired) electrons. The summed E-state index contributed by atoms with van der Waals surface area (Å²) in [5.41, 5.74) is 0.790. The Bertz CT molecular complexity index is 320. The van der Waals surface area contributed by atoms with Crippen molar-refractivity contribution in [2.45, 2.75) is 24.4 Å². The van der Waals surface area contributed by atoms with E-state index in [0.29, 0.717) is 0 Å². The molecular weight excluding hydrogens is 210 g/mol. The van der Waals surface area contributed by atoms with Crippen LogP contribution in [0.15, 0.2) is 11.1 Å². The summed E-state index contributed by atoms with van der Waals surface area (Å²) in [5, 5.41) is 17.8. The highest BCUT2D eigenvalue weighted by Gasteiger charge is 2.21. The summed E-state index contributed by atoms with van der Waals surface area (Å²) >= 11 is 1.70. The zero-order chi connectivity index (χ0) is 11.5. The van der Waals surface area contributed by atoms with Gasteiger partial charge in [-0.25, -0.2) is 0 Å². The van der Waals surface area contributed by atoms with Crippen molar-refractivity contribution in [3.8, 4) is 0 Å². The first-order valence-corrected chi connectivity index (χ1v) is 5.92. The minimum Gasteiger partial charge on any atom is -0.394 e. The second kappa shape index (κ2) is 5.01. The van der Waals surface area contributed by atoms with Crippen LogP contribution in [0.3, 0.4) is 0 Å². The summed E-state index contributed by atoms with van der Waals surface area (Å²) < 4.78 is 1.87. The third-order valence-electron chi connectivity index (χ3n) is 2.45. The first kappa shape index (κ1) is 12.5. The molecule has 0 aliphatic heterocycles. The van der Waals surface area contributed by atoms with Crippen LogP contribution >= 0.6 is 11.8 Å². The SMILES string of the molecule is CNC(C)(CO)CSc1cc(C)nn1C. The van der Waals surface area contributed by atoms with Gasteiger partial charge in [-0.05, 0) is 27.0 Å². The van der Waals surface area contributed by atoms with Crippen LogP contribution in [0.1, 0.15) is 12.6 Å². The molecule has 0 fully saturated rings. The van der Waals surface area contributed by atoms with E-state index in [1.807, 2.05) is 32.6 Å². The number of likely N-dealkylation sites (N-methyl/N-ethyl adjacent to an activating group) is 1. The quantitative estimate of drug-likeness (QED) is 0.733. The number of aryl methyl sites for hydroxylation is 2. The zero-order valence-electron chi connectivity index (χ0n) is 9.74. The molecule has 4 nitrogen and oxygen atoms in total. The second-order valence-electron chi connectivity index (χ2n) is 4.01. The van der Waals surface area contributed by atoms with E-state index in [2.05, 4.69) is 16.5 Å². The highest BCUT2D eigenvalue weighted by atomic mass is 32.2. The topological polar surface area (TPSA) is 50.1 Å². The average molecular weight is 229 g/mol. The molecule has 15 heavy (non-hydrogen) atoms. The average Bonchev–Trinajstić information content (AvgIpc) is 2.54. The summed E-state index contributed by atoms with van der Waals surface area (Å²) in [6, 6.07) is 2.05. The Morgan fingerprint density at radius 1 is 1.67 bits per heavy atom. The maximum absolute atomic E-state index is 9.24. The molecule has 0 saturated heterocycles. The van der Waals surface area contributed by atoms with Gasteiger partial charge in [-0.1, -0.05) is 0 Å². The summed E-state index contributed by atoms with van der Waals surface area (Å²) in [5.74, 6) is 0.818. The molecular formula is C10H19N3OS. The van der Waals surface area contributed by atoms with Crippen LogP contribution in [-0.4, -0.2) is 39.8 Å². The van der Waals surface area contributed by atoms with Gasteiger partial charge in [0.05, 0.1) is 17.3 Å². The van der Waals surface area contributed by atoms with Crippen LogP contribution in [0, 0.1) is 6.92 Å². The standard InChI is InChI=1S/C10H19N3OS/c1-8-5-9(13(4)12-8)15-7-10(2,6-14)11-3/h5,11,14H,6-7H2,1-4H3. The molecule has 5 heteroatoms. The predicted octanol–water partition coefficient (Wildman–Crippen LogP) is 0.791. The van der Waals surface area contributed by atoms with Gasteiger partial charge in [0.15, 0.2) is 0 Å². The summed E-state index contributed by atoms with van der Waals surface area (Å²) in [6.07, 6.45) is 0. The number of rotatable bonds is 5. The highest BCUT2D eigenvalue weighted by Crippen LogP contribution is 2.22. The first-order valence-electron chi connectivity index (χ1n) is 4.94. The monoisotopic (exact) mass is 229 g/mol. The summed E-state index contributed by atoms with van der Waals surface area (Å²) in [6.45, 7) is 4.12. The molecule has 1 rings (SSSR count).